The summed E-state index contributed by atoms with van der Waals surface area (Å²) in [6.07, 6.45) is 4.01. The molecule has 3 heteroatoms. The molecule has 0 aromatic rings. The Balaban J connectivity index is 2.45. The van der Waals surface area contributed by atoms with E-state index >= 15 is 0 Å². The molecule has 1 saturated heterocycles. The highest BCUT2D eigenvalue weighted by Crippen LogP contribution is 2.33. The van der Waals surface area contributed by atoms with Crippen LogP contribution in [0.4, 0.5) is 0 Å². The topological polar surface area (TPSA) is 27.0 Å². The number of likely N-dealkylation sites (tertiary alicyclic amines) is 1. The lowest BCUT2D eigenvalue weighted by molar-refractivity contribution is 0.233. The third-order valence-electron chi connectivity index (χ3n) is 2.75. The monoisotopic (exact) mass is 210 g/mol. The molecule has 1 rings (SSSR count). The van der Waals surface area contributed by atoms with Gasteiger partial charge in [0.15, 0.2) is 0 Å². The van der Waals surface area contributed by atoms with Gasteiger partial charge in [-0.05, 0) is 26.0 Å². The summed E-state index contributed by atoms with van der Waals surface area (Å²) >= 11 is 1.70. The fourth-order valence-electron chi connectivity index (χ4n) is 1.82. The van der Waals surface area contributed by atoms with Crippen LogP contribution in [-0.2, 0) is 0 Å². The van der Waals surface area contributed by atoms with E-state index in [2.05, 4.69) is 24.5 Å². The van der Waals surface area contributed by atoms with Crippen molar-refractivity contribution in [2.24, 2.45) is 0 Å². The van der Waals surface area contributed by atoms with E-state index in [9.17, 15) is 0 Å². The quantitative estimate of drug-likeness (QED) is 0.669. The third kappa shape index (κ3) is 2.76. The van der Waals surface area contributed by atoms with Crippen LogP contribution in [0.3, 0.4) is 0 Å². The maximum atomic E-state index is 9.10. The molecule has 0 radical (unpaired) electrons. The summed E-state index contributed by atoms with van der Waals surface area (Å²) in [5.41, 5.74) is 1.21. The number of thioether (sulfide) groups is 1. The summed E-state index contributed by atoms with van der Waals surface area (Å²) in [6.45, 7) is 9.01. The van der Waals surface area contributed by atoms with Crippen LogP contribution in [0.2, 0.25) is 0 Å². The molecule has 0 aromatic heterocycles. The van der Waals surface area contributed by atoms with Crippen LogP contribution >= 0.6 is 11.8 Å². The van der Waals surface area contributed by atoms with E-state index in [0.717, 1.165) is 32.5 Å². The van der Waals surface area contributed by atoms with E-state index in [-0.39, 0.29) is 4.75 Å². The second-order valence-corrected chi connectivity index (χ2v) is 5.23. The zero-order valence-corrected chi connectivity index (χ0v) is 9.86. The Morgan fingerprint density at radius 1 is 1.57 bits per heavy atom. The molecule has 0 aliphatic carbocycles. The van der Waals surface area contributed by atoms with Gasteiger partial charge in [0.2, 0.25) is 0 Å². The summed E-state index contributed by atoms with van der Waals surface area (Å²) in [5, 5.41) is 9.10. The van der Waals surface area contributed by atoms with E-state index in [4.69, 9.17) is 5.26 Å². The van der Waals surface area contributed by atoms with Crippen molar-refractivity contribution in [2.45, 2.75) is 24.5 Å². The first-order valence-electron chi connectivity index (χ1n) is 4.95. The maximum Gasteiger partial charge on any atom is 0.104 e. The third-order valence-corrected chi connectivity index (χ3v) is 4.03. The summed E-state index contributed by atoms with van der Waals surface area (Å²) in [6, 6.07) is 2.45. The SMILES string of the molecule is C=C(C)CN1CCC(C#N)(SC)CC1. The molecule has 0 amide bonds. The number of hydrogen-bond acceptors (Lipinski definition) is 3. The second-order valence-electron chi connectivity index (χ2n) is 4.04. The van der Waals surface area contributed by atoms with Gasteiger partial charge in [0, 0.05) is 19.6 Å². The van der Waals surface area contributed by atoms with Crippen molar-refractivity contribution in [1.29, 1.82) is 5.26 Å². The van der Waals surface area contributed by atoms with Crippen molar-refractivity contribution in [3.8, 4) is 6.07 Å². The molecular weight excluding hydrogens is 192 g/mol. The van der Waals surface area contributed by atoms with Crippen LogP contribution in [0.25, 0.3) is 0 Å². The lowest BCUT2D eigenvalue weighted by atomic mass is 9.97. The van der Waals surface area contributed by atoms with E-state index in [1.54, 1.807) is 11.8 Å². The average Bonchev–Trinajstić information content (AvgIpc) is 2.19. The lowest BCUT2D eigenvalue weighted by Crippen LogP contribution is -2.42. The van der Waals surface area contributed by atoms with Crippen LogP contribution in [0, 0.1) is 11.3 Å². The van der Waals surface area contributed by atoms with Crippen molar-refractivity contribution >= 4 is 11.8 Å². The van der Waals surface area contributed by atoms with Gasteiger partial charge in [-0.1, -0.05) is 12.2 Å². The lowest BCUT2D eigenvalue weighted by Gasteiger charge is -2.36. The first kappa shape index (κ1) is 11.6. The first-order valence-corrected chi connectivity index (χ1v) is 6.17. The predicted octanol–water partition coefficient (Wildman–Crippen LogP) is 2.28. The van der Waals surface area contributed by atoms with Crippen molar-refractivity contribution in [1.82, 2.24) is 4.90 Å². The van der Waals surface area contributed by atoms with E-state index < -0.39 is 0 Å². The molecule has 0 unspecified atom stereocenters. The highest BCUT2D eigenvalue weighted by atomic mass is 32.2. The second kappa shape index (κ2) is 4.86. The van der Waals surface area contributed by atoms with Crippen LogP contribution in [0.1, 0.15) is 19.8 Å². The summed E-state index contributed by atoms with van der Waals surface area (Å²) in [7, 11) is 0. The maximum absolute atomic E-state index is 9.10. The van der Waals surface area contributed by atoms with E-state index in [1.165, 1.54) is 5.57 Å². The Labute approximate surface area is 91.0 Å². The molecule has 0 bridgehead atoms. The average molecular weight is 210 g/mol. The Morgan fingerprint density at radius 3 is 2.50 bits per heavy atom. The van der Waals surface area contributed by atoms with Gasteiger partial charge in [-0.3, -0.25) is 4.90 Å². The highest BCUT2D eigenvalue weighted by molar-refractivity contribution is 8.00. The van der Waals surface area contributed by atoms with Gasteiger partial charge >= 0.3 is 0 Å². The van der Waals surface area contributed by atoms with Crippen molar-refractivity contribution in [3.05, 3.63) is 12.2 Å². The fourth-order valence-corrected chi connectivity index (χ4v) is 2.50. The normalized spacial score (nSPS) is 21.5. The number of piperidine rings is 1. The Bertz CT molecular complexity index is 247. The Morgan fingerprint density at radius 2 is 2.14 bits per heavy atom. The largest absolute Gasteiger partial charge is 0.299 e. The standard InChI is InChI=1S/C11H18N2S/c1-10(2)8-13-6-4-11(9-12,14-3)5-7-13/h1,4-8H2,2-3H3. The smallest absolute Gasteiger partial charge is 0.104 e. The molecule has 1 aliphatic heterocycles. The van der Waals surface area contributed by atoms with Gasteiger partial charge in [-0.2, -0.15) is 5.26 Å². The minimum Gasteiger partial charge on any atom is -0.299 e. The van der Waals surface area contributed by atoms with Gasteiger partial charge in [0.25, 0.3) is 0 Å². The van der Waals surface area contributed by atoms with Gasteiger partial charge in [-0.25, -0.2) is 0 Å². The molecule has 1 aliphatic rings. The zero-order valence-electron chi connectivity index (χ0n) is 9.05. The Kier molecular flexibility index (Phi) is 4.03. The first-order chi connectivity index (χ1) is 6.62. The molecule has 14 heavy (non-hydrogen) atoms. The van der Waals surface area contributed by atoms with Gasteiger partial charge < -0.3 is 0 Å². The van der Waals surface area contributed by atoms with Crippen molar-refractivity contribution in [3.63, 3.8) is 0 Å². The zero-order chi connectivity index (χ0) is 10.6. The summed E-state index contributed by atoms with van der Waals surface area (Å²) in [5.74, 6) is 0. The molecule has 1 fully saturated rings. The number of nitriles is 1. The molecule has 0 spiro atoms. The molecule has 78 valence electrons. The van der Waals surface area contributed by atoms with Crippen LogP contribution in [0.5, 0.6) is 0 Å². The molecule has 2 nitrogen and oxygen atoms in total. The Hall–Kier alpha value is -0.460. The fraction of sp³-hybridized carbons (Fsp3) is 0.727. The minimum atomic E-state index is -0.119. The molecule has 0 aromatic carbocycles. The van der Waals surface area contributed by atoms with Crippen LogP contribution in [0.15, 0.2) is 12.2 Å². The predicted molar refractivity (Wildman–Crippen MR) is 62.3 cm³/mol. The summed E-state index contributed by atoms with van der Waals surface area (Å²) in [4.78, 5) is 2.38. The highest BCUT2D eigenvalue weighted by Gasteiger charge is 2.33. The van der Waals surface area contributed by atoms with Crippen LogP contribution in [-0.4, -0.2) is 35.5 Å². The molecule has 1 heterocycles. The number of nitrogens with zero attached hydrogens (tertiary/aromatic N) is 2. The van der Waals surface area contributed by atoms with Crippen LogP contribution < -0.4 is 0 Å². The molecule has 0 saturated carbocycles. The number of rotatable bonds is 3. The number of hydrogen-bond donors (Lipinski definition) is 0. The summed E-state index contributed by atoms with van der Waals surface area (Å²) < 4.78 is -0.119. The van der Waals surface area contributed by atoms with Gasteiger partial charge in [0.05, 0.1) is 6.07 Å². The molecular formula is C11H18N2S. The molecule has 0 atom stereocenters. The minimum absolute atomic E-state index is 0.119. The van der Waals surface area contributed by atoms with Crippen molar-refractivity contribution < 1.29 is 0 Å². The van der Waals surface area contributed by atoms with E-state index in [1.807, 2.05) is 6.26 Å². The van der Waals surface area contributed by atoms with Gasteiger partial charge in [-0.15, -0.1) is 11.8 Å². The van der Waals surface area contributed by atoms with Gasteiger partial charge in [0.1, 0.15) is 4.75 Å². The van der Waals surface area contributed by atoms with Crippen molar-refractivity contribution in [2.75, 3.05) is 25.9 Å². The van der Waals surface area contributed by atoms with E-state index in [0.29, 0.717) is 0 Å². The molecule has 0 N–H and O–H groups in total.